The molecule has 3 aromatic rings. The summed E-state index contributed by atoms with van der Waals surface area (Å²) in [5.74, 6) is 0. The second-order valence-corrected chi connectivity index (χ2v) is 7.41. The highest BCUT2D eigenvalue weighted by atomic mass is 14.7. The molecule has 0 unspecified atom stereocenters. The van der Waals surface area contributed by atoms with Crippen LogP contribution in [0.25, 0.3) is 0 Å². The van der Waals surface area contributed by atoms with Gasteiger partial charge >= 0.3 is 0 Å². The number of aromatic nitrogens is 1. The van der Waals surface area contributed by atoms with E-state index >= 15 is 0 Å². The van der Waals surface area contributed by atoms with Crippen LogP contribution in [0.2, 0.25) is 0 Å². The van der Waals surface area contributed by atoms with Crippen molar-refractivity contribution in [3.63, 3.8) is 0 Å². The van der Waals surface area contributed by atoms with Crippen molar-refractivity contribution >= 4 is 0 Å². The van der Waals surface area contributed by atoms with Gasteiger partial charge in [0, 0.05) is 17.0 Å². The van der Waals surface area contributed by atoms with E-state index < -0.39 is 0 Å². The van der Waals surface area contributed by atoms with E-state index in [0.29, 0.717) is 0 Å². The molecule has 1 aromatic heterocycles. The van der Waals surface area contributed by atoms with E-state index in [0.717, 1.165) is 5.69 Å². The van der Waals surface area contributed by atoms with Crippen LogP contribution in [0, 0.1) is 0 Å². The summed E-state index contributed by atoms with van der Waals surface area (Å²) in [6, 6.07) is 25.8. The van der Waals surface area contributed by atoms with Crippen molar-refractivity contribution in [2.45, 2.75) is 38.5 Å². The zero-order valence-electron chi connectivity index (χ0n) is 15.0. The molecule has 1 nitrogen and oxygen atoms in total. The van der Waals surface area contributed by atoms with Gasteiger partial charge in [0.15, 0.2) is 0 Å². The number of pyridine rings is 1. The Kier molecular flexibility index (Phi) is 4.28. The van der Waals surface area contributed by atoms with Gasteiger partial charge in [0.1, 0.15) is 0 Å². The minimum absolute atomic E-state index is 0.0303. The highest BCUT2D eigenvalue weighted by Crippen LogP contribution is 2.36. The van der Waals surface area contributed by atoms with Gasteiger partial charge in [0.2, 0.25) is 0 Å². The fourth-order valence-electron chi connectivity index (χ4n) is 3.20. The average Bonchev–Trinajstić information content (AvgIpc) is 2.63. The van der Waals surface area contributed by atoms with Gasteiger partial charge in [-0.3, -0.25) is 4.98 Å². The lowest BCUT2D eigenvalue weighted by Crippen LogP contribution is -2.23. The number of hydrogen-bond donors (Lipinski definition) is 0. The number of benzene rings is 2. The molecule has 1 heteroatoms. The first-order chi connectivity index (χ1) is 11.4. The molecule has 0 saturated carbocycles. The van der Waals surface area contributed by atoms with Crippen molar-refractivity contribution in [1.29, 1.82) is 0 Å². The number of rotatable bonds is 4. The Balaban J connectivity index is 2.04. The van der Waals surface area contributed by atoms with Crippen LogP contribution >= 0.6 is 0 Å². The Morgan fingerprint density at radius 2 is 1.17 bits per heavy atom. The van der Waals surface area contributed by atoms with Crippen LogP contribution in [0.1, 0.15) is 50.1 Å². The van der Waals surface area contributed by atoms with Crippen LogP contribution in [0.5, 0.6) is 0 Å². The largest absolute Gasteiger partial charge is 0.260 e. The molecule has 0 bridgehead atoms. The third-order valence-electron chi connectivity index (χ3n) is 5.11. The van der Waals surface area contributed by atoms with E-state index in [1.54, 1.807) is 0 Å². The van der Waals surface area contributed by atoms with Gasteiger partial charge in [-0.25, -0.2) is 0 Å². The Morgan fingerprint density at radius 1 is 0.583 bits per heavy atom. The van der Waals surface area contributed by atoms with Gasteiger partial charge in [-0.2, -0.15) is 0 Å². The number of nitrogens with zero attached hydrogens (tertiary/aromatic N) is 1. The molecule has 0 aliphatic heterocycles. The second-order valence-electron chi connectivity index (χ2n) is 7.41. The van der Waals surface area contributed by atoms with Crippen LogP contribution < -0.4 is 0 Å². The number of hydrogen-bond acceptors (Lipinski definition) is 1. The van der Waals surface area contributed by atoms with Crippen LogP contribution in [0.4, 0.5) is 0 Å². The molecular formula is C23H25N. The van der Waals surface area contributed by atoms with E-state index in [4.69, 9.17) is 0 Å². The molecule has 0 aliphatic rings. The van der Waals surface area contributed by atoms with Crippen molar-refractivity contribution < 1.29 is 0 Å². The first-order valence-electron chi connectivity index (χ1n) is 8.50. The Labute approximate surface area is 145 Å². The van der Waals surface area contributed by atoms with Crippen molar-refractivity contribution in [3.05, 3.63) is 101 Å². The molecule has 0 spiro atoms. The first kappa shape index (κ1) is 16.4. The van der Waals surface area contributed by atoms with Crippen molar-refractivity contribution in [3.8, 4) is 0 Å². The minimum atomic E-state index is -0.121. The van der Waals surface area contributed by atoms with Gasteiger partial charge in [0.05, 0.1) is 5.69 Å². The minimum Gasteiger partial charge on any atom is -0.260 e. The van der Waals surface area contributed by atoms with Gasteiger partial charge in [-0.1, -0.05) is 88.4 Å². The third kappa shape index (κ3) is 2.99. The maximum absolute atomic E-state index is 4.58. The standard InChI is InChI=1S/C23H25N/c1-22(2,18-11-6-5-7-12-18)19-13-10-14-20(17-19)23(3,4)21-15-8-9-16-24-21/h5-17H,1-4H3. The smallest absolute Gasteiger partial charge is 0.0503 e. The van der Waals surface area contributed by atoms with E-state index in [-0.39, 0.29) is 10.8 Å². The summed E-state index contributed by atoms with van der Waals surface area (Å²) >= 11 is 0. The highest BCUT2D eigenvalue weighted by Gasteiger charge is 2.28. The van der Waals surface area contributed by atoms with Gasteiger partial charge in [-0.05, 0) is 28.8 Å². The van der Waals surface area contributed by atoms with E-state index in [1.807, 2.05) is 12.3 Å². The molecular weight excluding hydrogens is 290 g/mol. The monoisotopic (exact) mass is 315 g/mol. The summed E-state index contributed by atoms with van der Waals surface area (Å²) in [5.41, 5.74) is 4.90. The maximum atomic E-state index is 4.58. The predicted molar refractivity (Wildman–Crippen MR) is 101 cm³/mol. The van der Waals surface area contributed by atoms with Gasteiger partial charge in [-0.15, -0.1) is 0 Å². The molecule has 0 amide bonds. The topological polar surface area (TPSA) is 12.9 Å². The molecule has 0 atom stereocenters. The lowest BCUT2D eigenvalue weighted by atomic mass is 9.74. The van der Waals surface area contributed by atoms with Crippen molar-refractivity contribution in [2.24, 2.45) is 0 Å². The maximum Gasteiger partial charge on any atom is 0.0503 e. The highest BCUT2D eigenvalue weighted by molar-refractivity contribution is 5.43. The fourth-order valence-corrected chi connectivity index (χ4v) is 3.20. The third-order valence-corrected chi connectivity index (χ3v) is 5.11. The Morgan fingerprint density at radius 3 is 1.79 bits per heavy atom. The second kappa shape index (κ2) is 6.24. The summed E-state index contributed by atoms with van der Waals surface area (Å²) in [5, 5.41) is 0. The summed E-state index contributed by atoms with van der Waals surface area (Å²) in [6.45, 7) is 9.05. The molecule has 0 fully saturated rings. The van der Waals surface area contributed by atoms with Gasteiger partial charge < -0.3 is 0 Å². The summed E-state index contributed by atoms with van der Waals surface area (Å²) in [7, 11) is 0. The first-order valence-corrected chi connectivity index (χ1v) is 8.50. The van der Waals surface area contributed by atoms with E-state index in [2.05, 4.69) is 99.4 Å². The quantitative estimate of drug-likeness (QED) is 0.599. The molecule has 0 saturated heterocycles. The van der Waals surface area contributed by atoms with Crippen molar-refractivity contribution in [1.82, 2.24) is 4.98 Å². The predicted octanol–water partition coefficient (Wildman–Crippen LogP) is 5.73. The Hall–Kier alpha value is -2.41. The molecule has 2 aromatic carbocycles. The molecule has 24 heavy (non-hydrogen) atoms. The van der Waals surface area contributed by atoms with Crippen molar-refractivity contribution in [2.75, 3.05) is 0 Å². The van der Waals surface area contributed by atoms with Crippen LogP contribution in [0.15, 0.2) is 79.0 Å². The zero-order valence-corrected chi connectivity index (χ0v) is 15.0. The summed E-state index contributed by atoms with van der Waals surface area (Å²) in [6.07, 6.45) is 1.87. The molecule has 3 rings (SSSR count). The molecule has 1 heterocycles. The van der Waals surface area contributed by atoms with E-state index in [9.17, 15) is 0 Å². The molecule has 0 aliphatic carbocycles. The lowest BCUT2D eigenvalue weighted by molar-refractivity contribution is 0.603. The fraction of sp³-hybridized carbons (Fsp3) is 0.261. The molecule has 0 radical (unpaired) electrons. The normalized spacial score (nSPS) is 12.2. The van der Waals surface area contributed by atoms with Crippen LogP contribution in [-0.4, -0.2) is 4.98 Å². The van der Waals surface area contributed by atoms with Crippen LogP contribution in [0.3, 0.4) is 0 Å². The summed E-state index contributed by atoms with van der Waals surface area (Å²) < 4.78 is 0. The lowest BCUT2D eigenvalue weighted by Gasteiger charge is -2.30. The SMILES string of the molecule is CC(C)(c1ccccc1)c1cccc(C(C)(C)c2ccccn2)c1. The van der Waals surface area contributed by atoms with Gasteiger partial charge in [0.25, 0.3) is 0 Å². The van der Waals surface area contributed by atoms with E-state index in [1.165, 1.54) is 16.7 Å². The Bertz CT molecular complexity index is 735. The molecule has 0 N–H and O–H groups in total. The zero-order chi connectivity index (χ0) is 17.2. The molecule has 122 valence electrons. The summed E-state index contributed by atoms with van der Waals surface area (Å²) in [4.78, 5) is 4.58. The average molecular weight is 315 g/mol. The van der Waals surface area contributed by atoms with Crippen LogP contribution in [-0.2, 0) is 10.8 Å².